The Labute approximate surface area is 105 Å². The van der Waals surface area contributed by atoms with Gasteiger partial charge in [0.25, 0.3) is 0 Å². The monoisotopic (exact) mass is 283 g/mol. The zero-order chi connectivity index (χ0) is 11.6. The molecule has 110 valence electrons. The number of hydrogen-bond acceptors (Lipinski definition) is 4. The van der Waals surface area contributed by atoms with E-state index < -0.39 is 34.9 Å². The number of hydrogen-bond donors (Lipinski definition) is 3. The Morgan fingerprint density at radius 3 is 1.26 bits per heavy atom. The van der Waals surface area contributed by atoms with Gasteiger partial charge in [-0.1, -0.05) is 0 Å². The molecule has 0 spiro atoms. The van der Waals surface area contributed by atoms with Gasteiger partial charge in [0.1, 0.15) is 11.4 Å². The maximum absolute atomic E-state index is 10.5. The molecule has 1 heterocycles. The van der Waals surface area contributed by atoms with Crippen LogP contribution in [0.2, 0.25) is 0 Å². The molecule has 1 rings (SSSR count). The van der Waals surface area contributed by atoms with Gasteiger partial charge in [0.2, 0.25) is 0 Å². The topological polar surface area (TPSA) is 251 Å². The van der Waals surface area contributed by atoms with Crippen molar-refractivity contribution in [3.05, 3.63) is 29.1 Å². The van der Waals surface area contributed by atoms with Crippen LogP contribution in [0.5, 0.6) is 0 Å². The van der Waals surface area contributed by atoms with E-state index in [4.69, 9.17) is 15.3 Å². The maximum Gasteiger partial charge on any atom is 0.354 e. The van der Waals surface area contributed by atoms with Crippen LogP contribution < -0.4 is 0 Å². The minimum Gasteiger partial charge on any atom is -0.478 e. The molecule has 0 aromatic carbocycles. The molecule has 0 unspecified atom stereocenters. The first kappa shape index (κ1) is 25.3. The summed E-state index contributed by atoms with van der Waals surface area (Å²) in [6.45, 7) is 0. The third-order valence-corrected chi connectivity index (χ3v) is 1.51. The van der Waals surface area contributed by atoms with E-state index >= 15 is 0 Å². The summed E-state index contributed by atoms with van der Waals surface area (Å²) in [6, 6.07) is 1.58. The summed E-state index contributed by atoms with van der Waals surface area (Å²) in [7, 11) is 0. The van der Waals surface area contributed by atoms with E-state index in [0.717, 1.165) is 12.1 Å². The standard InChI is InChI=1S/C8H5NO6.4H2O/c10-6(11)3-1-4(7(12)13)9-5(2-3)8(14)15;;;;/h1-2H,(H,10,11)(H,12,13)(H,14,15);4*1H2. The minimum atomic E-state index is -1.49. The Morgan fingerprint density at radius 2 is 1.05 bits per heavy atom. The van der Waals surface area contributed by atoms with Gasteiger partial charge in [0.15, 0.2) is 0 Å². The predicted molar refractivity (Wildman–Crippen MR) is 59.6 cm³/mol. The summed E-state index contributed by atoms with van der Waals surface area (Å²) in [5.74, 6) is -4.39. The van der Waals surface area contributed by atoms with Crippen molar-refractivity contribution in [3.63, 3.8) is 0 Å². The molecule has 0 amide bonds. The van der Waals surface area contributed by atoms with Crippen LogP contribution in [-0.2, 0) is 0 Å². The predicted octanol–water partition coefficient (Wildman–Crippen LogP) is -3.12. The molecule has 0 atom stereocenters. The number of rotatable bonds is 3. The van der Waals surface area contributed by atoms with Crippen molar-refractivity contribution in [3.8, 4) is 0 Å². The molecule has 0 radical (unpaired) electrons. The first-order chi connectivity index (χ1) is 6.91. The van der Waals surface area contributed by atoms with Gasteiger partial charge in [0, 0.05) is 0 Å². The average molecular weight is 283 g/mol. The molecule has 0 fully saturated rings. The largest absolute Gasteiger partial charge is 0.478 e. The van der Waals surface area contributed by atoms with E-state index in [1.54, 1.807) is 0 Å². The molecule has 1 aromatic heterocycles. The first-order valence-corrected chi connectivity index (χ1v) is 3.64. The van der Waals surface area contributed by atoms with Gasteiger partial charge in [-0.15, -0.1) is 0 Å². The highest BCUT2D eigenvalue weighted by Gasteiger charge is 2.15. The second-order valence-corrected chi connectivity index (χ2v) is 2.54. The van der Waals surface area contributed by atoms with Crippen molar-refractivity contribution in [1.29, 1.82) is 0 Å². The Kier molecular flexibility index (Phi) is 12.6. The second kappa shape index (κ2) is 9.43. The van der Waals surface area contributed by atoms with Crippen LogP contribution in [0.3, 0.4) is 0 Å². The Morgan fingerprint density at radius 1 is 0.737 bits per heavy atom. The first-order valence-electron chi connectivity index (χ1n) is 3.64. The molecule has 11 heteroatoms. The third-order valence-electron chi connectivity index (χ3n) is 1.51. The fourth-order valence-electron chi connectivity index (χ4n) is 0.873. The fourth-order valence-corrected chi connectivity index (χ4v) is 0.873. The summed E-state index contributed by atoms with van der Waals surface area (Å²) in [5.41, 5.74) is -1.67. The molecule has 0 saturated carbocycles. The summed E-state index contributed by atoms with van der Waals surface area (Å²) >= 11 is 0. The van der Waals surface area contributed by atoms with Crippen molar-refractivity contribution in [1.82, 2.24) is 4.98 Å². The van der Waals surface area contributed by atoms with E-state index in [1.807, 2.05) is 0 Å². The van der Waals surface area contributed by atoms with Crippen molar-refractivity contribution in [2.75, 3.05) is 0 Å². The summed E-state index contributed by atoms with van der Waals surface area (Å²) in [4.78, 5) is 34.8. The van der Waals surface area contributed by atoms with Crippen molar-refractivity contribution in [2.24, 2.45) is 0 Å². The van der Waals surface area contributed by atoms with Gasteiger partial charge in [0.05, 0.1) is 5.56 Å². The molecule has 11 nitrogen and oxygen atoms in total. The lowest BCUT2D eigenvalue weighted by molar-refractivity contribution is 0.0685. The molecule has 19 heavy (non-hydrogen) atoms. The Balaban J connectivity index is -0.000000281. The zero-order valence-corrected chi connectivity index (χ0v) is 9.17. The Bertz CT molecular complexity index is 378. The van der Waals surface area contributed by atoms with Crippen LogP contribution in [0.1, 0.15) is 31.3 Å². The lowest BCUT2D eigenvalue weighted by Gasteiger charge is -1.99. The number of carboxylic acids is 3. The van der Waals surface area contributed by atoms with Crippen molar-refractivity contribution >= 4 is 17.9 Å². The third kappa shape index (κ3) is 6.04. The highest BCUT2D eigenvalue weighted by Crippen LogP contribution is 2.06. The van der Waals surface area contributed by atoms with E-state index in [-0.39, 0.29) is 21.9 Å². The van der Waals surface area contributed by atoms with Gasteiger partial charge in [-0.2, -0.15) is 0 Å². The molecule has 0 aliphatic rings. The van der Waals surface area contributed by atoms with Crippen LogP contribution in [-0.4, -0.2) is 60.1 Å². The molecule has 0 bridgehead atoms. The molecular weight excluding hydrogens is 270 g/mol. The van der Waals surface area contributed by atoms with Crippen LogP contribution in [0.25, 0.3) is 0 Å². The van der Waals surface area contributed by atoms with E-state index in [0.29, 0.717) is 0 Å². The number of pyridine rings is 1. The van der Waals surface area contributed by atoms with Crippen LogP contribution in [0.15, 0.2) is 12.1 Å². The highest BCUT2D eigenvalue weighted by atomic mass is 16.4. The number of carbonyl (C=O) groups is 3. The zero-order valence-electron chi connectivity index (χ0n) is 9.17. The second-order valence-electron chi connectivity index (χ2n) is 2.54. The number of aromatic carboxylic acids is 3. The number of carboxylic acid groups (broad SMARTS) is 3. The van der Waals surface area contributed by atoms with Crippen LogP contribution in [0.4, 0.5) is 0 Å². The molecule has 0 aliphatic heterocycles. The summed E-state index contributed by atoms with van der Waals surface area (Å²) < 4.78 is 0. The van der Waals surface area contributed by atoms with Gasteiger partial charge in [-0.3, -0.25) is 0 Å². The van der Waals surface area contributed by atoms with Crippen molar-refractivity contribution < 1.29 is 51.6 Å². The summed E-state index contributed by atoms with van der Waals surface area (Å²) in [6.07, 6.45) is 0. The van der Waals surface area contributed by atoms with E-state index in [1.165, 1.54) is 0 Å². The molecular formula is C8H13NO10. The molecule has 1 aromatic rings. The van der Waals surface area contributed by atoms with E-state index in [9.17, 15) is 14.4 Å². The lowest BCUT2D eigenvalue weighted by Crippen LogP contribution is -2.10. The maximum atomic E-state index is 10.5. The molecule has 0 saturated heterocycles. The molecule has 11 N–H and O–H groups in total. The lowest BCUT2D eigenvalue weighted by atomic mass is 10.2. The fraction of sp³-hybridized carbons (Fsp3) is 0. The summed E-state index contributed by atoms with van der Waals surface area (Å²) in [5, 5.41) is 25.7. The van der Waals surface area contributed by atoms with Gasteiger partial charge < -0.3 is 37.2 Å². The van der Waals surface area contributed by atoms with Gasteiger partial charge in [-0.25, -0.2) is 19.4 Å². The van der Waals surface area contributed by atoms with Gasteiger partial charge >= 0.3 is 17.9 Å². The van der Waals surface area contributed by atoms with Crippen molar-refractivity contribution in [2.45, 2.75) is 0 Å². The highest BCUT2D eigenvalue weighted by molar-refractivity contribution is 5.96. The van der Waals surface area contributed by atoms with Crippen LogP contribution >= 0.6 is 0 Å². The smallest absolute Gasteiger partial charge is 0.354 e. The van der Waals surface area contributed by atoms with E-state index in [2.05, 4.69) is 4.98 Å². The average Bonchev–Trinajstić information content (AvgIpc) is 2.16. The normalized spacial score (nSPS) is 7.58. The number of nitrogens with zero attached hydrogens (tertiary/aromatic N) is 1. The molecule has 0 aliphatic carbocycles. The van der Waals surface area contributed by atoms with Crippen LogP contribution in [0, 0.1) is 0 Å². The minimum absolute atomic E-state index is 0. The van der Waals surface area contributed by atoms with Gasteiger partial charge in [-0.05, 0) is 12.1 Å². The quantitative estimate of drug-likeness (QED) is 0.513. The number of aromatic nitrogens is 1. The Hall–Kier alpha value is -2.60. The SMILES string of the molecule is O.O.O.O.O=C(O)c1cc(C(=O)O)nc(C(=O)O)c1.